The first-order valence-corrected chi connectivity index (χ1v) is 9.57. The summed E-state index contributed by atoms with van der Waals surface area (Å²) in [6.45, 7) is 7.73. The van der Waals surface area contributed by atoms with Crippen molar-refractivity contribution in [2.75, 3.05) is 4.90 Å². The van der Waals surface area contributed by atoms with Gasteiger partial charge in [0.2, 0.25) is 0 Å². The molecule has 0 aliphatic carbocycles. The summed E-state index contributed by atoms with van der Waals surface area (Å²) < 4.78 is 5.19. The topological polar surface area (TPSA) is 29.5 Å². The van der Waals surface area contributed by atoms with Crippen LogP contribution in [0.1, 0.15) is 25.0 Å². The van der Waals surface area contributed by atoms with Gasteiger partial charge in [-0.2, -0.15) is 0 Å². The van der Waals surface area contributed by atoms with E-state index in [-0.39, 0.29) is 0 Å². The molecule has 3 heteroatoms. The highest BCUT2D eigenvalue weighted by Gasteiger charge is 2.13. The third-order valence-electron chi connectivity index (χ3n) is 4.69. The standard InChI is InChI=1S/C25H25NO2/c1-4-19-7-11-21(12-8-19)26(22-13-9-20(5-2)10-14-22)23-15-17-24(18-16-23)28-25(27)6-3/h6-18H,3-5H2,1-2H3. The average molecular weight is 371 g/mol. The minimum absolute atomic E-state index is 0.463. The molecule has 0 atom stereocenters. The quantitative estimate of drug-likeness (QED) is 0.274. The third kappa shape index (κ3) is 4.49. The number of hydrogen-bond donors (Lipinski definition) is 0. The monoisotopic (exact) mass is 371 g/mol. The van der Waals surface area contributed by atoms with Gasteiger partial charge in [-0.25, -0.2) is 4.79 Å². The molecule has 0 N–H and O–H groups in total. The number of aryl methyl sites for hydroxylation is 2. The molecule has 0 saturated carbocycles. The lowest BCUT2D eigenvalue weighted by atomic mass is 10.1. The normalized spacial score (nSPS) is 10.4. The Kier molecular flexibility index (Phi) is 6.28. The highest BCUT2D eigenvalue weighted by Crippen LogP contribution is 2.35. The summed E-state index contributed by atoms with van der Waals surface area (Å²) in [4.78, 5) is 13.6. The number of benzene rings is 3. The highest BCUT2D eigenvalue weighted by molar-refractivity contribution is 5.83. The van der Waals surface area contributed by atoms with Crippen molar-refractivity contribution in [3.05, 3.63) is 96.6 Å². The largest absolute Gasteiger partial charge is 0.423 e. The fourth-order valence-corrected chi connectivity index (χ4v) is 3.03. The molecule has 0 spiro atoms. The van der Waals surface area contributed by atoms with Crippen LogP contribution in [0, 0.1) is 0 Å². The van der Waals surface area contributed by atoms with Crippen molar-refractivity contribution in [3.8, 4) is 5.75 Å². The highest BCUT2D eigenvalue weighted by atomic mass is 16.5. The zero-order valence-electron chi connectivity index (χ0n) is 16.4. The van der Waals surface area contributed by atoms with E-state index in [0.717, 1.165) is 36.0 Å². The van der Waals surface area contributed by atoms with Gasteiger partial charge in [-0.05, 0) is 72.5 Å². The van der Waals surface area contributed by atoms with Crippen LogP contribution in [-0.2, 0) is 17.6 Å². The van der Waals surface area contributed by atoms with Gasteiger partial charge >= 0.3 is 5.97 Å². The number of nitrogens with zero attached hydrogens (tertiary/aromatic N) is 1. The third-order valence-corrected chi connectivity index (χ3v) is 4.69. The van der Waals surface area contributed by atoms with E-state index in [4.69, 9.17) is 4.74 Å². The first-order chi connectivity index (χ1) is 13.6. The zero-order chi connectivity index (χ0) is 19.9. The van der Waals surface area contributed by atoms with Crippen molar-refractivity contribution in [2.45, 2.75) is 26.7 Å². The molecular formula is C25H25NO2. The lowest BCUT2D eigenvalue weighted by molar-refractivity contribution is -0.128. The summed E-state index contributed by atoms with van der Waals surface area (Å²) in [5, 5.41) is 0. The molecule has 0 unspecified atom stereocenters. The SMILES string of the molecule is C=CC(=O)Oc1ccc(N(c2ccc(CC)cc2)c2ccc(CC)cc2)cc1. The van der Waals surface area contributed by atoms with Gasteiger partial charge < -0.3 is 9.64 Å². The molecule has 0 aliphatic heterocycles. The van der Waals surface area contributed by atoms with Crippen LogP contribution in [0.25, 0.3) is 0 Å². The molecule has 0 aliphatic rings. The van der Waals surface area contributed by atoms with E-state index in [2.05, 4.69) is 73.9 Å². The minimum atomic E-state index is -0.463. The van der Waals surface area contributed by atoms with E-state index in [9.17, 15) is 4.79 Å². The van der Waals surface area contributed by atoms with E-state index in [1.54, 1.807) is 12.1 Å². The van der Waals surface area contributed by atoms with Crippen LogP contribution in [0.5, 0.6) is 5.75 Å². The van der Waals surface area contributed by atoms with E-state index in [1.165, 1.54) is 11.1 Å². The van der Waals surface area contributed by atoms with Gasteiger partial charge in [0.25, 0.3) is 0 Å². The van der Waals surface area contributed by atoms with Crippen molar-refractivity contribution in [3.63, 3.8) is 0 Å². The van der Waals surface area contributed by atoms with Crippen molar-refractivity contribution in [1.29, 1.82) is 0 Å². The van der Waals surface area contributed by atoms with E-state index in [0.29, 0.717) is 5.75 Å². The molecule has 0 bridgehead atoms. The number of anilines is 3. The first-order valence-electron chi connectivity index (χ1n) is 9.57. The molecule has 0 fully saturated rings. The molecule has 0 aromatic heterocycles. The summed E-state index contributed by atoms with van der Waals surface area (Å²) in [7, 11) is 0. The number of hydrogen-bond acceptors (Lipinski definition) is 3. The van der Waals surface area contributed by atoms with Crippen LogP contribution in [-0.4, -0.2) is 5.97 Å². The molecule has 28 heavy (non-hydrogen) atoms. The van der Waals surface area contributed by atoms with Gasteiger partial charge in [-0.3, -0.25) is 0 Å². The molecule has 0 heterocycles. The average Bonchev–Trinajstić information content (AvgIpc) is 2.76. The summed E-state index contributed by atoms with van der Waals surface area (Å²) in [5.41, 5.74) is 5.76. The Hall–Kier alpha value is -3.33. The minimum Gasteiger partial charge on any atom is -0.423 e. The van der Waals surface area contributed by atoms with Gasteiger partial charge in [0, 0.05) is 23.1 Å². The molecule has 0 saturated heterocycles. The number of carbonyl (C=O) groups excluding carboxylic acids is 1. The van der Waals surface area contributed by atoms with Crippen molar-refractivity contribution < 1.29 is 9.53 Å². The predicted molar refractivity (Wildman–Crippen MR) is 116 cm³/mol. The fourth-order valence-electron chi connectivity index (χ4n) is 3.03. The summed E-state index contributed by atoms with van der Waals surface area (Å²) in [6, 6.07) is 24.7. The van der Waals surface area contributed by atoms with Gasteiger partial charge in [-0.1, -0.05) is 44.7 Å². The van der Waals surface area contributed by atoms with Gasteiger partial charge in [0.15, 0.2) is 0 Å². The van der Waals surface area contributed by atoms with Crippen molar-refractivity contribution >= 4 is 23.0 Å². The van der Waals surface area contributed by atoms with Crippen LogP contribution in [0.4, 0.5) is 17.1 Å². The number of carbonyl (C=O) groups is 1. The maximum atomic E-state index is 11.4. The van der Waals surface area contributed by atoms with Gasteiger partial charge in [0.1, 0.15) is 5.75 Å². The molecule has 0 radical (unpaired) electrons. The second kappa shape index (κ2) is 9.05. The van der Waals surface area contributed by atoms with E-state index in [1.807, 2.05) is 12.1 Å². The van der Waals surface area contributed by atoms with Crippen LogP contribution in [0.15, 0.2) is 85.5 Å². The maximum Gasteiger partial charge on any atom is 0.335 e. The lowest BCUT2D eigenvalue weighted by Gasteiger charge is -2.26. The zero-order valence-corrected chi connectivity index (χ0v) is 16.4. The van der Waals surface area contributed by atoms with Crippen LogP contribution in [0.3, 0.4) is 0 Å². The number of esters is 1. The van der Waals surface area contributed by atoms with Crippen molar-refractivity contribution in [1.82, 2.24) is 0 Å². The molecule has 0 amide bonds. The Morgan fingerprint density at radius 2 is 1.18 bits per heavy atom. The molecule has 142 valence electrons. The van der Waals surface area contributed by atoms with E-state index >= 15 is 0 Å². The Labute approximate surface area is 166 Å². The maximum absolute atomic E-state index is 11.4. The van der Waals surface area contributed by atoms with E-state index < -0.39 is 5.97 Å². The Morgan fingerprint density at radius 3 is 1.54 bits per heavy atom. The number of ether oxygens (including phenoxy) is 1. The molecule has 3 aromatic rings. The Balaban J connectivity index is 1.99. The molecule has 3 aromatic carbocycles. The second-order valence-electron chi connectivity index (χ2n) is 6.49. The molecule has 3 rings (SSSR count). The predicted octanol–water partition coefficient (Wildman–Crippen LogP) is 6.37. The Morgan fingerprint density at radius 1 is 0.786 bits per heavy atom. The van der Waals surface area contributed by atoms with Gasteiger partial charge in [0.05, 0.1) is 0 Å². The molecular weight excluding hydrogens is 346 g/mol. The van der Waals surface area contributed by atoms with Gasteiger partial charge in [-0.15, -0.1) is 0 Å². The summed E-state index contributed by atoms with van der Waals surface area (Å²) >= 11 is 0. The Bertz CT molecular complexity index is 878. The van der Waals surface area contributed by atoms with Crippen LogP contribution in [0.2, 0.25) is 0 Å². The van der Waals surface area contributed by atoms with Crippen LogP contribution >= 0.6 is 0 Å². The van der Waals surface area contributed by atoms with Crippen LogP contribution < -0.4 is 9.64 Å². The molecule has 3 nitrogen and oxygen atoms in total. The smallest absolute Gasteiger partial charge is 0.335 e. The number of rotatable bonds is 7. The first kappa shape index (κ1) is 19.4. The summed E-state index contributed by atoms with van der Waals surface area (Å²) in [6.07, 6.45) is 3.18. The summed E-state index contributed by atoms with van der Waals surface area (Å²) in [5.74, 6) is 0.0335. The second-order valence-corrected chi connectivity index (χ2v) is 6.49. The van der Waals surface area contributed by atoms with Crippen molar-refractivity contribution in [2.24, 2.45) is 0 Å². The lowest BCUT2D eigenvalue weighted by Crippen LogP contribution is -2.10. The fraction of sp³-hybridized carbons (Fsp3) is 0.160.